The molecule has 3 unspecified atom stereocenters. The second-order valence-corrected chi connectivity index (χ2v) is 6.23. The number of hydrogen-bond donors (Lipinski definition) is 2. The lowest BCUT2D eigenvalue weighted by Crippen LogP contribution is -2.39. The number of piperidine rings is 1. The highest BCUT2D eigenvalue weighted by atomic mass is 16.3. The molecule has 3 heteroatoms. The van der Waals surface area contributed by atoms with Crippen LogP contribution in [-0.4, -0.2) is 48.8 Å². The molecule has 3 nitrogen and oxygen atoms in total. The topological polar surface area (TPSA) is 35.5 Å². The normalized spacial score (nSPS) is 34.7. The molecular formula is C15H30N2O. The molecular weight excluding hydrogens is 224 g/mol. The van der Waals surface area contributed by atoms with Crippen LogP contribution in [0.1, 0.15) is 51.4 Å². The van der Waals surface area contributed by atoms with Crippen LogP contribution in [-0.2, 0) is 0 Å². The lowest BCUT2D eigenvalue weighted by atomic mass is 9.86. The molecule has 0 aromatic heterocycles. The van der Waals surface area contributed by atoms with Gasteiger partial charge in [-0.05, 0) is 58.2 Å². The summed E-state index contributed by atoms with van der Waals surface area (Å²) in [5.41, 5.74) is 0. The van der Waals surface area contributed by atoms with E-state index in [1.165, 1.54) is 51.5 Å². The Labute approximate surface area is 112 Å². The third-order valence-electron chi connectivity index (χ3n) is 4.85. The Morgan fingerprint density at radius 2 is 1.89 bits per heavy atom. The lowest BCUT2D eigenvalue weighted by molar-refractivity contribution is 0.0692. The third kappa shape index (κ3) is 4.22. The van der Waals surface area contributed by atoms with E-state index in [2.05, 4.69) is 17.3 Å². The van der Waals surface area contributed by atoms with E-state index in [0.29, 0.717) is 5.92 Å². The van der Waals surface area contributed by atoms with Gasteiger partial charge in [-0.15, -0.1) is 0 Å². The Morgan fingerprint density at radius 3 is 2.67 bits per heavy atom. The van der Waals surface area contributed by atoms with Gasteiger partial charge < -0.3 is 15.3 Å². The van der Waals surface area contributed by atoms with Crippen LogP contribution in [0.3, 0.4) is 0 Å². The van der Waals surface area contributed by atoms with Gasteiger partial charge in [0.05, 0.1) is 6.10 Å². The molecule has 2 N–H and O–H groups in total. The smallest absolute Gasteiger partial charge is 0.0580 e. The fraction of sp³-hybridized carbons (Fsp3) is 1.00. The molecule has 1 saturated carbocycles. The Hall–Kier alpha value is -0.120. The van der Waals surface area contributed by atoms with Gasteiger partial charge in [0.2, 0.25) is 0 Å². The molecule has 106 valence electrons. The van der Waals surface area contributed by atoms with Crippen molar-refractivity contribution in [3.8, 4) is 0 Å². The van der Waals surface area contributed by atoms with Crippen LogP contribution < -0.4 is 5.32 Å². The number of nitrogens with zero attached hydrogens (tertiary/aromatic N) is 1. The number of aliphatic hydroxyl groups excluding tert-OH is 1. The van der Waals surface area contributed by atoms with Gasteiger partial charge in [-0.1, -0.05) is 19.3 Å². The highest BCUT2D eigenvalue weighted by Gasteiger charge is 2.23. The highest BCUT2D eigenvalue weighted by molar-refractivity contribution is 4.78. The van der Waals surface area contributed by atoms with E-state index >= 15 is 0 Å². The van der Waals surface area contributed by atoms with Crippen molar-refractivity contribution in [1.29, 1.82) is 0 Å². The Morgan fingerprint density at radius 1 is 1.11 bits per heavy atom. The molecule has 0 spiro atoms. The largest absolute Gasteiger partial charge is 0.393 e. The molecule has 1 aliphatic carbocycles. The van der Waals surface area contributed by atoms with E-state index in [0.717, 1.165) is 25.6 Å². The van der Waals surface area contributed by atoms with Crippen molar-refractivity contribution < 1.29 is 5.11 Å². The summed E-state index contributed by atoms with van der Waals surface area (Å²) in [5, 5.41) is 13.5. The SMILES string of the molecule is CN1CCCCC1CCNCC1CCCCC1O. The van der Waals surface area contributed by atoms with Crippen molar-refractivity contribution >= 4 is 0 Å². The Kier molecular flexibility index (Phi) is 5.93. The maximum absolute atomic E-state index is 9.91. The standard InChI is InChI=1S/C15H30N2O/c1-17-11-5-4-7-14(17)9-10-16-12-13-6-2-3-8-15(13)18/h13-16,18H,2-12H2,1H3. The molecule has 0 bridgehead atoms. The molecule has 2 aliphatic rings. The summed E-state index contributed by atoms with van der Waals surface area (Å²) < 4.78 is 0. The van der Waals surface area contributed by atoms with E-state index in [1.54, 1.807) is 0 Å². The molecule has 2 fully saturated rings. The van der Waals surface area contributed by atoms with Gasteiger partial charge in [-0.25, -0.2) is 0 Å². The summed E-state index contributed by atoms with van der Waals surface area (Å²) in [4.78, 5) is 2.51. The second-order valence-electron chi connectivity index (χ2n) is 6.23. The van der Waals surface area contributed by atoms with Crippen LogP contribution in [0.2, 0.25) is 0 Å². The number of hydrogen-bond acceptors (Lipinski definition) is 3. The second kappa shape index (κ2) is 7.46. The molecule has 0 aromatic rings. The number of rotatable bonds is 5. The summed E-state index contributed by atoms with van der Waals surface area (Å²) in [6.45, 7) is 3.39. The lowest BCUT2D eigenvalue weighted by Gasteiger charge is -2.33. The van der Waals surface area contributed by atoms with Crippen LogP contribution >= 0.6 is 0 Å². The van der Waals surface area contributed by atoms with Crippen LogP contribution in [0.25, 0.3) is 0 Å². The van der Waals surface area contributed by atoms with E-state index in [1.807, 2.05) is 0 Å². The fourth-order valence-electron chi connectivity index (χ4n) is 3.49. The predicted molar refractivity (Wildman–Crippen MR) is 75.7 cm³/mol. The van der Waals surface area contributed by atoms with Gasteiger partial charge in [0.25, 0.3) is 0 Å². The van der Waals surface area contributed by atoms with Gasteiger partial charge in [-0.2, -0.15) is 0 Å². The summed E-state index contributed by atoms with van der Waals surface area (Å²) >= 11 is 0. The first-order valence-corrected chi connectivity index (χ1v) is 7.86. The zero-order valence-corrected chi connectivity index (χ0v) is 11.9. The summed E-state index contributed by atoms with van der Waals surface area (Å²) in [5.74, 6) is 0.503. The minimum absolute atomic E-state index is 0.0522. The molecule has 3 atom stereocenters. The minimum Gasteiger partial charge on any atom is -0.393 e. The van der Waals surface area contributed by atoms with E-state index < -0.39 is 0 Å². The van der Waals surface area contributed by atoms with Crippen molar-refractivity contribution in [2.75, 3.05) is 26.7 Å². The first kappa shape index (κ1) is 14.3. The van der Waals surface area contributed by atoms with Crippen molar-refractivity contribution in [1.82, 2.24) is 10.2 Å². The summed E-state index contributed by atoms with van der Waals surface area (Å²) in [6, 6.07) is 0.780. The van der Waals surface area contributed by atoms with E-state index in [9.17, 15) is 5.11 Å². The highest BCUT2D eigenvalue weighted by Crippen LogP contribution is 2.23. The predicted octanol–water partition coefficient (Wildman–Crippen LogP) is 2.00. The molecule has 2 rings (SSSR count). The van der Waals surface area contributed by atoms with Crippen LogP contribution in [0.15, 0.2) is 0 Å². The first-order valence-electron chi connectivity index (χ1n) is 7.86. The molecule has 18 heavy (non-hydrogen) atoms. The molecule has 1 saturated heterocycles. The number of aliphatic hydroxyl groups is 1. The maximum Gasteiger partial charge on any atom is 0.0580 e. The van der Waals surface area contributed by atoms with Gasteiger partial charge in [0.15, 0.2) is 0 Å². The Balaban J connectivity index is 1.57. The van der Waals surface area contributed by atoms with Crippen LogP contribution in [0.4, 0.5) is 0 Å². The van der Waals surface area contributed by atoms with Crippen molar-refractivity contribution in [3.05, 3.63) is 0 Å². The van der Waals surface area contributed by atoms with Gasteiger partial charge in [0.1, 0.15) is 0 Å². The Bertz CT molecular complexity index is 211. The number of likely N-dealkylation sites (tertiary alicyclic amines) is 1. The van der Waals surface area contributed by atoms with Crippen molar-refractivity contribution in [3.63, 3.8) is 0 Å². The molecule has 0 radical (unpaired) electrons. The molecule has 1 aliphatic heterocycles. The van der Waals surface area contributed by atoms with E-state index in [4.69, 9.17) is 0 Å². The summed E-state index contributed by atoms with van der Waals surface area (Å²) in [6.07, 6.45) is 10.1. The maximum atomic E-state index is 9.91. The zero-order valence-electron chi connectivity index (χ0n) is 11.9. The first-order chi connectivity index (χ1) is 8.77. The van der Waals surface area contributed by atoms with Crippen molar-refractivity contribution in [2.24, 2.45) is 5.92 Å². The molecule has 0 aromatic carbocycles. The van der Waals surface area contributed by atoms with Crippen LogP contribution in [0, 0.1) is 5.92 Å². The molecule has 0 amide bonds. The quantitative estimate of drug-likeness (QED) is 0.737. The zero-order chi connectivity index (χ0) is 12.8. The molecule has 1 heterocycles. The monoisotopic (exact) mass is 254 g/mol. The fourth-order valence-corrected chi connectivity index (χ4v) is 3.49. The summed E-state index contributed by atoms with van der Waals surface area (Å²) in [7, 11) is 2.26. The minimum atomic E-state index is -0.0522. The number of nitrogens with one attached hydrogen (secondary N) is 1. The van der Waals surface area contributed by atoms with Gasteiger partial charge in [-0.3, -0.25) is 0 Å². The van der Waals surface area contributed by atoms with Gasteiger partial charge in [0, 0.05) is 12.6 Å². The van der Waals surface area contributed by atoms with Gasteiger partial charge >= 0.3 is 0 Å². The average Bonchev–Trinajstić information content (AvgIpc) is 2.38. The average molecular weight is 254 g/mol. The van der Waals surface area contributed by atoms with E-state index in [-0.39, 0.29) is 6.10 Å². The third-order valence-corrected chi connectivity index (χ3v) is 4.85. The van der Waals surface area contributed by atoms with Crippen molar-refractivity contribution in [2.45, 2.75) is 63.5 Å². The van der Waals surface area contributed by atoms with Crippen LogP contribution in [0.5, 0.6) is 0 Å².